The first-order chi connectivity index (χ1) is 12.7. The summed E-state index contributed by atoms with van der Waals surface area (Å²) in [5.74, 6) is 1.32. The van der Waals surface area contributed by atoms with E-state index in [2.05, 4.69) is 34.3 Å². The molecule has 0 radical (unpaired) electrons. The predicted octanol–water partition coefficient (Wildman–Crippen LogP) is 4.10. The smallest absolute Gasteiger partial charge is 0.179 e. The molecule has 27 heavy (non-hydrogen) atoms. The van der Waals surface area contributed by atoms with Crippen molar-refractivity contribution in [1.82, 2.24) is 15.2 Å². The van der Waals surface area contributed by atoms with E-state index >= 15 is 0 Å². The minimum Gasteiger partial charge on any atom is -0.493 e. The number of piperazine rings is 1. The molecule has 1 aliphatic heterocycles. The number of ether oxygens (including phenoxy) is 2. The maximum atomic E-state index is 6.48. The number of nitrogens with one attached hydrogen (secondary N) is 1. The van der Waals surface area contributed by atoms with E-state index in [1.165, 1.54) is 5.56 Å². The highest BCUT2D eigenvalue weighted by Gasteiger charge is 2.24. The molecule has 148 valence electrons. The molecular formula is C20H27Cl2N3O2. The Balaban J connectivity index is 0.00000261. The zero-order valence-electron chi connectivity index (χ0n) is 15.8. The van der Waals surface area contributed by atoms with Gasteiger partial charge in [0.1, 0.15) is 0 Å². The lowest BCUT2D eigenvalue weighted by Crippen LogP contribution is -2.45. The van der Waals surface area contributed by atoms with Crippen molar-refractivity contribution in [3.63, 3.8) is 0 Å². The summed E-state index contributed by atoms with van der Waals surface area (Å²) in [4.78, 5) is 6.59. The fourth-order valence-corrected chi connectivity index (χ4v) is 3.58. The van der Waals surface area contributed by atoms with Gasteiger partial charge in [0, 0.05) is 44.6 Å². The molecule has 1 fully saturated rings. The van der Waals surface area contributed by atoms with Gasteiger partial charge in [0.05, 0.1) is 18.7 Å². The molecule has 0 amide bonds. The van der Waals surface area contributed by atoms with Crippen LogP contribution in [0, 0.1) is 0 Å². The molecule has 7 heteroatoms. The van der Waals surface area contributed by atoms with Gasteiger partial charge < -0.3 is 14.8 Å². The molecule has 1 aromatic heterocycles. The highest BCUT2D eigenvalue weighted by molar-refractivity contribution is 6.32. The topological polar surface area (TPSA) is 46.6 Å². The number of halogens is 2. The van der Waals surface area contributed by atoms with Crippen LogP contribution in [0.5, 0.6) is 11.5 Å². The third kappa shape index (κ3) is 5.48. The van der Waals surface area contributed by atoms with Crippen molar-refractivity contribution in [3.05, 3.63) is 52.8 Å². The lowest BCUT2D eigenvalue weighted by molar-refractivity contribution is 0.153. The molecular weight excluding hydrogens is 385 g/mol. The van der Waals surface area contributed by atoms with E-state index in [1.807, 2.05) is 24.5 Å². The molecule has 1 aromatic carbocycles. The molecule has 0 spiro atoms. The van der Waals surface area contributed by atoms with Gasteiger partial charge in [-0.25, -0.2) is 0 Å². The fraction of sp³-hybridized carbons (Fsp3) is 0.450. The van der Waals surface area contributed by atoms with Crippen LogP contribution in [-0.2, 0) is 6.54 Å². The van der Waals surface area contributed by atoms with Gasteiger partial charge in [0.2, 0.25) is 0 Å². The molecule has 1 atom stereocenters. The quantitative estimate of drug-likeness (QED) is 0.742. The first-order valence-electron chi connectivity index (χ1n) is 9.06. The minimum atomic E-state index is 0. The van der Waals surface area contributed by atoms with Crippen LogP contribution in [0.1, 0.15) is 30.5 Å². The maximum absolute atomic E-state index is 6.48. The Morgan fingerprint density at radius 2 is 2.07 bits per heavy atom. The maximum Gasteiger partial charge on any atom is 0.179 e. The van der Waals surface area contributed by atoms with Crippen molar-refractivity contribution in [2.75, 3.05) is 33.4 Å². The summed E-state index contributed by atoms with van der Waals surface area (Å²) in [5, 5.41) is 4.08. The van der Waals surface area contributed by atoms with Gasteiger partial charge in [-0.1, -0.05) is 18.5 Å². The summed E-state index contributed by atoms with van der Waals surface area (Å²) < 4.78 is 11.3. The summed E-state index contributed by atoms with van der Waals surface area (Å²) in [7, 11) is 1.65. The number of hydrogen-bond acceptors (Lipinski definition) is 5. The van der Waals surface area contributed by atoms with Gasteiger partial charge in [-0.15, -0.1) is 12.4 Å². The van der Waals surface area contributed by atoms with Gasteiger partial charge in [-0.3, -0.25) is 9.88 Å². The largest absolute Gasteiger partial charge is 0.493 e. The van der Waals surface area contributed by atoms with Crippen molar-refractivity contribution >= 4 is 24.0 Å². The lowest BCUT2D eigenvalue weighted by Gasteiger charge is -2.36. The highest BCUT2D eigenvalue weighted by atomic mass is 35.5. The second-order valence-electron chi connectivity index (χ2n) is 6.43. The highest BCUT2D eigenvalue weighted by Crippen LogP contribution is 2.37. The molecule has 1 saturated heterocycles. The Bertz CT molecular complexity index is 716. The number of hydrogen-bond donors (Lipinski definition) is 1. The lowest BCUT2D eigenvalue weighted by atomic mass is 10.0. The van der Waals surface area contributed by atoms with Crippen molar-refractivity contribution in [3.8, 4) is 11.5 Å². The van der Waals surface area contributed by atoms with Crippen LogP contribution in [0.3, 0.4) is 0 Å². The van der Waals surface area contributed by atoms with Gasteiger partial charge >= 0.3 is 0 Å². The molecule has 2 heterocycles. The number of rotatable bonds is 7. The second kappa shape index (κ2) is 10.7. The average molecular weight is 412 g/mol. The average Bonchev–Trinajstić information content (AvgIpc) is 2.68. The summed E-state index contributed by atoms with van der Waals surface area (Å²) in [6, 6.07) is 8.50. The summed E-state index contributed by atoms with van der Waals surface area (Å²) >= 11 is 6.48. The summed E-state index contributed by atoms with van der Waals surface area (Å²) in [5.41, 5.74) is 2.39. The fourth-order valence-electron chi connectivity index (χ4n) is 3.29. The van der Waals surface area contributed by atoms with E-state index < -0.39 is 0 Å². The molecule has 5 nitrogen and oxygen atoms in total. The third-order valence-corrected chi connectivity index (χ3v) is 4.85. The third-order valence-electron chi connectivity index (χ3n) is 4.57. The van der Waals surface area contributed by atoms with Crippen LogP contribution < -0.4 is 14.8 Å². The van der Waals surface area contributed by atoms with Crippen LogP contribution in [0.15, 0.2) is 36.7 Å². The molecule has 2 aromatic rings. The van der Waals surface area contributed by atoms with Gasteiger partial charge in [-0.05, 0) is 41.8 Å². The van der Waals surface area contributed by atoms with Gasteiger partial charge in [0.25, 0.3) is 0 Å². The monoisotopic (exact) mass is 411 g/mol. The minimum absolute atomic E-state index is 0. The number of methoxy groups -OCH3 is 1. The zero-order chi connectivity index (χ0) is 18.4. The summed E-state index contributed by atoms with van der Waals surface area (Å²) in [6.45, 7) is 6.37. The molecule has 0 saturated carbocycles. The van der Waals surface area contributed by atoms with Gasteiger partial charge in [-0.2, -0.15) is 0 Å². The van der Waals surface area contributed by atoms with E-state index in [0.29, 0.717) is 29.2 Å². The van der Waals surface area contributed by atoms with E-state index in [4.69, 9.17) is 21.1 Å². The molecule has 1 N–H and O–H groups in total. The second-order valence-corrected chi connectivity index (χ2v) is 6.84. The first kappa shape index (κ1) is 21.8. The summed E-state index contributed by atoms with van der Waals surface area (Å²) in [6.07, 6.45) is 4.62. The Hall–Kier alpha value is -1.53. The predicted molar refractivity (Wildman–Crippen MR) is 111 cm³/mol. The normalized spacial score (nSPS) is 17.2. The first-order valence-corrected chi connectivity index (χ1v) is 9.44. The standard InChI is InChI=1S/C20H26ClN3O2.ClH/c1-3-10-26-20-17(21)11-15(12-19(20)25-2)14-24-9-8-23-13-18(24)16-4-6-22-7-5-16;/h4-7,11-12,18,23H,3,8-10,13-14H2,1-2H3;1H. The molecule has 3 rings (SSSR count). The molecule has 0 aliphatic carbocycles. The zero-order valence-corrected chi connectivity index (χ0v) is 17.4. The van der Waals surface area contributed by atoms with Gasteiger partial charge in [0.15, 0.2) is 11.5 Å². The van der Waals surface area contributed by atoms with Crippen LogP contribution in [0.25, 0.3) is 0 Å². The van der Waals surface area contributed by atoms with Crippen LogP contribution in [0.2, 0.25) is 5.02 Å². The Morgan fingerprint density at radius 1 is 1.30 bits per heavy atom. The van der Waals surface area contributed by atoms with Crippen molar-refractivity contribution in [2.45, 2.75) is 25.9 Å². The van der Waals surface area contributed by atoms with Crippen molar-refractivity contribution in [2.24, 2.45) is 0 Å². The van der Waals surface area contributed by atoms with E-state index in [-0.39, 0.29) is 12.4 Å². The Kier molecular flexibility index (Phi) is 8.64. The van der Waals surface area contributed by atoms with Crippen molar-refractivity contribution in [1.29, 1.82) is 0 Å². The SMILES string of the molecule is CCCOc1c(Cl)cc(CN2CCNCC2c2ccncc2)cc1OC.Cl. The van der Waals surface area contributed by atoms with Crippen LogP contribution >= 0.6 is 24.0 Å². The number of pyridine rings is 1. The van der Waals surface area contributed by atoms with Crippen LogP contribution in [-0.4, -0.2) is 43.2 Å². The van der Waals surface area contributed by atoms with E-state index in [1.54, 1.807) is 7.11 Å². The van der Waals surface area contributed by atoms with Crippen molar-refractivity contribution < 1.29 is 9.47 Å². The number of benzene rings is 1. The molecule has 0 bridgehead atoms. The molecule has 1 aliphatic rings. The number of aromatic nitrogens is 1. The van der Waals surface area contributed by atoms with Crippen LogP contribution in [0.4, 0.5) is 0 Å². The molecule has 1 unspecified atom stereocenters. The number of nitrogens with zero attached hydrogens (tertiary/aromatic N) is 2. The van der Waals surface area contributed by atoms with E-state index in [0.717, 1.165) is 38.2 Å². The van der Waals surface area contributed by atoms with E-state index in [9.17, 15) is 0 Å². The Morgan fingerprint density at radius 3 is 2.78 bits per heavy atom. The Labute approximate surface area is 172 Å².